The number of anilines is 1. The van der Waals surface area contributed by atoms with Crippen LogP contribution in [0.4, 0.5) is 5.69 Å². The van der Waals surface area contributed by atoms with Gasteiger partial charge >= 0.3 is 0 Å². The van der Waals surface area contributed by atoms with E-state index in [9.17, 15) is 4.55 Å². The third kappa shape index (κ3) is 3.14. The molecule has 1 aromatic carbocycles. The van der Waals surface area contributed by atoms with E-state index in [4.69, 9.17) is 0 Å². The van der Waals surface area contributed by atoms with Gasteiger partial charge in [0.15, 0.2) is 0 Å². The fourth-order valence-corrected chi connectivity index (χ4v) is 2.32. The molecule has 0 aliphatic rings. The minimum Gasteiger partial charge on any atom is -0.593 e. The number of hydrogen-bond donors (Lipinski definition) is 1. The van der Waals surface area contributed by atoms with Crippen molar-refractivity contribution in [2.75, 3.05) is 4.72 Å². The minimum atomic E-state index is -1.000. The Labute approximate surface area is 95.4 Å². The summed E-state index contributed by atoms with van der Waals surface area (Å²) in [5, 5.41) is 0.130. The van der Waals surface area contributed by atoms with Gasteiger partial charge in [-0.2, -0.15) is 0 Å². The predicted octanol–water partition coefficient (Wildman–Crippen LogP) is 3.10. The standard InChI is InChI=1S/C12H19NOS/c1-8(2)15(14)13-12-10(4)6-9(3)7-11(12)5/h6-8,13H,1-5H3. The number of hydrogen-bond acceptors (Lipinski definition) is 2. The Hall–Kier alpha value is -0.670. The van der Waals surface area contributed by atoms with Gasteiger partial charge in [-0.3, -0.25) is 0 Å². The molecule has 1 unspecified atom stereocenters. The largest absolute Gasteiger partial charge is 0.593 e. The maximum atomic E-state index is 11.7. The van der Waals surface area contributed by atoms with Crippen LogP contribution in [0.5, 0.6) is 0 Å². The number of rotatable bonds is 3. The predicted molar refractivity (Wildman–Crippen MR) is 67.6 cm³/mol. The van der Waals surface area contributed by atoms with Crippen LogP contribution in [-0.2, 0) is 11.4 Å². The Morgan fingerprint density at radius 2 is 1.60 bits per heavy atom. The van der Waals surface area contributed by atoms with Crippen LogP contribution >= 0.6 is 0 Å². The number of nitrogens with one attached hydrogen (secondary N) is 1. The lowest BCUT2D eigenvalue weighted by molar-refractivity contribution is 0.591. The SMILES string of the molecule is Cc1cc(C)c(N[S+]([O-])C(C)C)c(C)c1. The quantitative estimate of drug-likeness (QED) is 0.802. The summed E-state index contributed by atoms with van der Waals surface area (Å²) < 4.78 is 14.8. The van der Waals surface area contributed by atoms with Crippen molar-refractivity contribution < 1.29 is 4.55 Å². The second kappa shape index (κ2) is 4.90. The van der Waals surface area contributed by atoms with Gasteiger partial charge < -0.3 is 4.55 Å². The molecule has 0 saturated carbocycles. The molecule has 0 spiro atoms. The molecule has 15 heavy (non-hydrogen) atoms. The second-order valence-corrected chi connectivity index (χ2v) is 5.96. The Morgan fingerprint density at radius 1 is 1.13 bits per heavy atom. The van der Waals surface area contributed by atoms with Crippen molar-refractivity contribution in [2.45, 2.75) is 39.9 Å². The van der Waals surface area contributed by atoms with E-state index in [0.717, 1.165) is 16.8 Å². The summed E-state index contributed by atoms with van der Waals surface area (Å²) in [5.41, 5.74) is 4.56. The molecular weight excluding hydrogens is 206 g/mol. The van der Waals surface area contributed by atoms with Crippen LogP contribution in [0.25, 0.3) is 0 Å². The fourth-order valence-electron chi connectivity index (χ4n) is 1.56. The van der Waals surface area contributed by atoms with Crippen LogP contribution in [0.1, 0.15) is 30.5 Å². The molecule has 0 amide bonds. The topological polar surface area (TPSA) is 35.1 Å². The Balaban J connectivity index is 2.95. The van der Waals surface area contributed by atoms with Crippen LogP contribution in [0.3, 0.4) is 0 Å². The Kier molecular flexibility index (Phi) is 4.05. The molecule has 1 N–H and O–H groups in total. The van der Waals surface area contributed by atoms with E-state index in [-0.39, 0.29) is 5.25 Å². The fraction of sp³-hybridized carbons (Fsp3) is 0.500. The lowest BCUT2D eigenvalue weighted by atomic mass is 10.1. The van der Waals surface area contributed by atoms with Gasteiger partial charge in [0.1, 0.15) is 5.25 Å². The third-order valence-corrected chi connectivity index (χ3v) is 3.57. The highest BCUT2D eigenvalue weighted by atomic mass is 32.2. The van der Waals surface area contributed by atoms with Crippen molar-refractivity contribution in [3.05, 3.63) is 28.8 Å². The van der Waals surface area contributed by atoms with Crippen LogP contribution < -0.4 is 4.72 Å². The van der Waals surface area contributed by atoms with Gasteiger partial charge in [-0.25, -0.2) is 4.72 Å². The number of benzene rings is 1. The first kappa shape index (κ1) is 12.4. The molecule has 1 aromatic rings. The highest BCUT2D eigenvalue weighted by Crippen LogP contribution is 2.23. The smallest absolute Gasteiger partial charge is 0.135 e. The zero-order valence-corrected chi connectivity index (χ0v) is 10.9. The van der Waals surface area contributed by atoms with Crippen LogP contribution in [0.15, 0.2) is 12.1 Å². The van der Waals surface area contributed by atoms with Crippen LogP contribution in [0.2, 0.25) is 0 Å². The zero-order valence-electron chi connectivity index (χ0n) is 10.0. The summed E-state index contributed by atoms with van der Waals surface area (Å²) >= 11 is -1.000. The maximum Gasteiger partial charge on any atom is 0.135 e. The van der Waals surface area contributed by atoms with E-state index >= 15 is 0 Å². The van der Waals surface area contributed by atoms with Gasteiger partial charge in [0, 0.05) is 0 Å². The molecule has 1 atom stereocenters. The van der Waals surface area contributed by atoms with Gasteiger partial charge in [-0.15, -0.1) is 0 Å². The molecular formula is C12H19NOS. The average Bonchev–Trinajstić information content (AvgIpc) is 2.10. The van der Waals surface area contributed by atoms with E-state index in [2.05, 4.69) is 23.8 Å². The third-order valence-electron chi connectivity index (χ3n) is 2.31. The summed E-state index contributed by atoms with van der Waals surface area (Å²) in [4.78, 5) is 0. The molecule has 0 aromatic heterocycles. The maximum absolute atomic E-state index is 11.7. The highest BCUT2D eigenvalue weighted by molar-refractivity contribution is 7.93. The van der Waals surface area contributed by atoms with E-state index in [1.807, 2.05) is 27.7 Å². The van der Waals surface area contributed by atoms with E-state index in [1.165, 1.54) is 5.56 Å². The molecule has 1 rings (SSSR count). The summed E-state index contributed by atoms with van der Waals surface area (Å²) in [6.07, 6.45) is 0. The first-order valence-corrected chi connectivity index (χ1v) is 6.38. The summed E-state index contributed by atoms with van der Waals surface area (Å²) in [7, 11) is 0. The van der Waals surface area contributed by atoms with E-state index in [0.29, 0.717) is 0 Å². The lowest BCUT2D eigenvalue weighted by Crippen LogP contribution is -2.23. The normalized spacial score (nSPS) is 13.0. The Bertz CT molecular complexity index is 326. The minimum absolute atomic E-state index is 0.130. The van der Waals surface area contributed by atoms with Crippen molar-refractivity contribution >= 4 is 17.0 Å². The van der Waals surface area contributed by atoms with Gasteiger partial charge in [-0.1, -0.05) is 17.7 Å². The average molecular weight is 225 g/mol. The highest BCUT2D eigenvalue weighted by Gasteiger charge is 2.14. The molecule has 0 aliphatic carbocycles. The lowest BCUT2D eigenvalue weighted by Gasteiger charge is -2.18. The zero-order chi connectivity index (χ0) is 11.6. The van der Waals surface area contributed by atoms with Crippen molar-refractivity contribution in [3.8, 4) is 0 Å². The van der Waals surface area contributed by atoms with Crippen LogP contribution in [-0.4, -0.2) is 9.80 Å². The van der Waals surface area contributed by atoms with Gasteiger partial charge in [0.2, 0.25) is 0 Å². The molecule has 0 bridgehead atoms. The Morgan fingerprint density at radius 3 is 2.00 bits per heavy atom. The van der Waals surface area contributed by atoms with Crippen molar-refractivity contribution in [2.24, 2.45) is 0 Å². The molecule has 0 saturated heterocycles. The van der Waals surface area contributed by atoms with E-state index < -0.39 is 11.4 Å². The monoisotopic (exact) mass is 225 g/mol. The summed E-state index contributed by atoms with van der Waals surface area (Å²) in [5.74, 6) is 0. The molecule has 0 aliphatic heterocycles. The van der Waals surface area contributed by atoms with Gasteiger partial charge in [0.05, 0.1) is 17.0 Å². The van der Waals surface area contributed by atoms with Gasteiger partial charge in [0.25, 0.3) is 0 Å². The molecule has 0 fully saturated rings. The first-order valence-electron chi connectivity index (χ1n) is 5.17. The summed E-state index contributed by atoms with van der Waals surface area (Å²) in [6, 6.07) is 4.21. The van der Waals surface area contributed by atoms with Crippen molar-refractivity contribution in [3.63, 3.8) is 0 Å². The van der Waals surface area contributed by atoms with E-state index in [1.54, 1.807) is 0 Å². The molecule has 3 heteroatoms. The van der Waals surface area contributed by atoms with Crippen molar-refractivity contribution in [1.29, 1.82) is 0 Å². The number of aryl methyl sites for hydroxylation is 3. The molecule has 84 valence electrons. The van der Waals surface area contributed by atoms with Crippen molar-refractivity contribution in [1.82, 2.24) is 0 Å². The second-order valence-electron chi connectivity index (χ2n) is 4.22. The molecule has 0 heterocycles. The first-order chi connectivity index (χ1) is 6.91. The molecule has 2 nitrogen and oxygen atoms in total. The van der Waals surface area contributed by atoms with Crippen LogP contribution in [0, 0.1) is 20.8 Å². The van der Waals surface area contributed by atoms with Gasteiger partial charge in [-0.05, 0) is 45.7 Å². The molecule has 0 radical (unpaired) electrons. The summed E-state index contributed by atoms with van der Waals surface area (Å²) in [6.45, 7) is 10.0.